The molecule has 0 bridgehead atoms. The lowest BCUT2D eigenvalue weighted by Crippen LogP contribution is -2.42. The zero-order valence-corrected chi connectivity index (χ0v) is 15.6. The third-order valence-electron chi connectivity index (χ3n) is 4.09. The number of thiazole rings is 1. The van der Waals surface area contributed by atoms with Crippen molar-refractivity contribution in [1.82, 2.24) is 9.88 Å². The lowest BCUT2D eigenvalue weighted by molar-refractivity contribution is -0.132. The second kappa shape index (κ2) is 6.96. The van der Waals surface area contributed by atoms with Gasteiger partial charge in [0.15, 0.2) is 5.13 Å². The summed E-state index contributed by atoms with van der Waals surface area (Å²) in [4.78, 5) is 31.2. The number of nitrogens with zero attached hydrogens (tertiary/aromatic N) is 2. The van der Waals surface area contributed by atoms with Crippen molar-refractivity contribution in [2.45, 2.75) is 39.7 Å². The molecule has 6 heteroatoms. The predicted molar refractivity (Wildman–Crippen MR) is 102 cm³/mol. The van der Waals surface area contributed by atoms with Gasteiger partial charge in [0.25, 0.3) is 0 Å². The van der Waals surface area contributed by atoms with Crippen molar-refractivity contribution in [2.24, 2.45) is 5.41 Å². The molecule has 2 heterocycles. The fourth-order valence-corrected chi connectivity index (χ4v) is 3.70. The molecule has 0 aliphatic carbocycles. The zero-order chi connectivity index (χ0) is 18.0. The molecular formula is C19H23N3O2S. The number of hydrogen-bond donors (Lipinski definition) is 1. The van der Waals surface area contributed by atoms with E-state index in [1.54, 1.807) is 11.0 Å². The first-order valence-electron chi connectivity index (χ1n) is 8.50. The van der Waals surface area contributed by atoms with Crippen LogP contribution in [0.1, 0.15) is 33.6 Å². The van der Waals surface area contributed by atoms with Gasteiger partial charge in [0.05, 0.1) is 10.2 Å². The van der Waals surface area contributed by atoms with Crippen molar-refractivity contribution >= 4 is 38.5 Å². The average molecular weight is 357 g/mol. The third kappa shape index (κ3) is 4.25. The Kier molecular flexibility index (Phi) is 4.90. The third-order valence-corrected chi connectivity index (χ3v) is 5.04. The molecule has 0 radical (unpaired) electrons. The highest BCUT2D eigenvalue weighted by atomic mass is 32.1. The minimum Gasteiger partial charge on any atom is -0.327 e. The lowest BCUT2D eigenvalue weighted by atomic mass is 9.96. The number of anilines is 1. The molecule has 1 aromatic carbocycles. The Morgan fingerprint density at radius 1 is 1.32 bits per heavy atom. The van der Waals surface area contributed by atoms with Crippen LogP contribution in [0, 0.1) is 5.41 Å². The largest absolute Gasteiger partial charge is 0.327 e. The average Bonchev–Trinajstić information content (AvgIpc) is 3.17. The molecule has 1 N–H and O–H groups in total. The van der Waals surface area contributed by atoms with Crippen LogP contribution < -0.4 is 5.32 Å². The molecule has 0 saturated carbocycles. The molecule has 3 rings (SSSR count). The van der Waals surface area contributed by atoms with Crippen LogP contribution in [0.2, 0.25) is 0 Å². The van der Waals surface area contributed by atoms with Crippen LogP contribution in [-0.2, 0) is 9.59 Å². The van der Waals surface area contributed by atoms with Gasteiger partial charge in [-0.25, -0.2) is 4.98 Å². The first kappa shape index (κ1) is 17.6. The molecule has 2 amide bonds. The Morgan fingerprint density at radius 2 is 2.08 bits per heavy atom. The van der Waals surface area contributed by atoms with E-state index in [4.69, 9.17) is 0 Å². The van der Waals surface area contributed by atoms with Gasteiger partial charge in [-0.05, 0) is 36.5 Å². The number of likely N-dealkylation sites (tertiary alicyclic amines) is 1. The fourth-order valence-electron chi connectivity index (χ4n) is 2.83. The topological polar surface area (TPSA) is 62.3 Å². The number of nitrogens with one attached hydrogen (secondary N) is 1. The minimum atomic E-state index is -0.427. The Morgan fingerprint density at radius 3 is 2.80 bits per heavy atom. The normalized spacial score (nSPS) is 18.2. The summed E-state index contributed by atoms with van der Waals surface area (Å²) in [5.41, 5.74) is 0.809. The summed E-state index contributed by atoms with van der Waals surface area (Å²) in [6.45, 7) is 6.74. The van der Waals surface area contributed by atoms with E-state index in [0.29, 0.717) is 18.1 Å². The van der Waals surface area contributed by atoms with Crippen molar-refractivity contribution in [3.8, 4) is 0 Å². The Balaban J connectivity index is 1.70. The van der Waals surface area contributed by atoms with E-state index in [1.807, 2.05) is 51.1 Å². The number of carbonyl (C=O) groups excluding carboxylic acids is 2. The molecule has 0 spiro atoms. The fraction of sp³-hybridized carbons (Fsp3) is 0.421. The maximum absolute atomic E-state index is 12.6. The maximum atomic E-state index is 12.6. The van der Waals surface area contributed by atoms with Crippen LogP contribution in [0.5, 0.6) is 0 Å². The molecule has 1 fully saturated rings. The summed E-state index contributed by atoms with van der Waals surface area (Å²) in [5, 5.41) is 3.46. The molecule has 1 atom stereocenters. The maximum Gasteiger partial charge on any atom is 0.248 e. The van der Waals surface area contributed by atoms with Crippen LogP contribution in [0.3, 0.4) is 0 Å². The van der Waals surface area contributed by atoms with Crippen molar-refractivity contribution in [3.05, 3.63) is 36.4 Å². The summed E-state index contributed by atoms with van der Waals surface area (Å²) in [5.74, 6) is -0.258. The van der Waals surface area contributed by atoms with Gasteiger partial charge < -0.3 is 10.2 Å². The van der Waals surface area contributed by atoms with Crippen LogP contribution >= 0.6 is 11.3 Å². The minimum absolute atomic E-state index is 0.0614. The van der Waals surface area contributed by atoms with E-state index < -0.39 is 6.04 Å². The van der Waals surface area contributed by atoms with Crippen molar-refractivity contribution in [2.75, 3.05) is 11.9 Å². The Bertz CT molecular complexity index is 786. The van der Waals surface area contributed by atoms with Crippen LogP contribution in [-0.4, -0.2) is 34.3 Å². The second-order valence-electron chi connectivity index (χ2n) is 7.37. The van der Waals surface area contributed by atoms with Crippen molar-refractivity contribution in [3.63, 3.8) is 0 Å². The van der Waals surface area contributed by atoms with E-state index in [9.17, 15) is 9.59 Å². The van der Waals surface area contributed by atoms with Gasteiger partial charge in [0.1, 0.15) is 6.04 Å². The first-order chi connectivity index (χ1) is 11.8. The summed E-state index contributed by atoms with van der Waals surface area (Å²) in [7, 11) is 0. The molecule has 132 valence electrons. The molecule has 1 aliphatic heterocycles. The van der Waals surface area contributed by atoms with Gasteiger partial charge >= 0.3 is 0 Å². The molecule has 5 nitrogen and oxygen atoms in total. The number of hydrogen-bond acceptors (Lipinski definition) is 4. The SMILES string of the molecule is CC(C)(C)/C=C/C(=O)N1CCCC1C(=O)Nc1nc2ccccc2s1. The van der Waals surface area contributed by atoms with Gasteiger partial charge in [-0.3, -0.25) is 9.59 Å². The monoisotopic (exact) mass is 357 g/mol. The van der Waals surface area contributed by atoms with Gasteiger partial charge in [-0.2, -0.15) is 0 Å². The molecule has 25 heavy (non-hydrogen) atoms. The first-order valence-corrected chi connectivity index (χ1v) is 9.31. The highest BCUT2D eigenvalue weighted by molar-refractivity contribution is 7.22. The van der Waals surface area contributed by atoms with E-state index in [-0.39, 0.29) is 17.2 Å². The Labute approximate surface area is 151 Å². The van der Waals surface area contributed by atoms with Gasteiger partial charge in [0.2, 0.25) is 11.8 Å². The van der Waals surface area contributed by atoms with E-state index in [0.717, 1.165) is 16.6 Å². The predicted octanol–water partition coefficient (Wildman–Crippen LogP) is 3.83. The van der Waals surface area contributed by atoms with Gasteiger partial charge in [0, 0.05) is 6.54 Å². The quantitative estimate of drug-likeness (QED) is 0.849. The number of fused-ring (bicyclic) bond motifs is 1. The molecular weight excluding hydrogens is 334 g/mol. The number of aromatic nitrogens is 1. The number of para-hydroxylation sites is 1. The second-order valence-corrected chi connectivity index (χ2v) is 8.40. The summed E-state index contributed by atoms with van der Waals surface area (Å²) in [6, 6.07) is 7.34. The van der Waals surface area contributed by atoms with E-state index in [1.165, 1.54) is 11.3 Å². The molecule has 1 aromatic heterocycles. The van der Waals surface area contributed by atoms with Gasteiger partial charge in [-0.1, -0.05) is 50.3 Å². The Hall–Kier alpha value is -2.21. The van der Waals surface area contributed by atoms with Crippen LogP contribution in [0.15, 0.2) is 36.4 Å². The van der Waals surface area contributed by atoms with Crippen molar-refractivity contribution in [1.29, 1.82) is 0 Å². The number of amides is 2. The molecule has 1 unspecified atom stereocenters. The smallest absolute Gasteiger partial charge is 0.248 e. The van der Waals surface area contributed by atoms with E-state index in [2.05, 4.69) is 10.3 Å². The lowest BCUT2D eigenvalue weighted by Gasteiger charge is -2.22. The summed E-state index contributed by atoms with van der Waals surface area (Å²) >= 11 is 1.45. The van der Waals surface area contributed by atoms with Crippen LogP contribution in [0.4, 0.5) is 5.13 Å². The van der Waals surface area contributed by atoms with Gasteiger partial charge in [-0.15, -0.1) is 0 Å². The van der Waals surface area contributed by atoms with E-state index >= 15 is 0 Å². The molecule has 2 aromatic rings. The summed E-state index contributed by atoms with van der Waals surface area (Å²) < 4.78 is 1.03. The zero-order valence-electron chi connectivity index (χ0n) is 14.8. The highest BCUT2D eigenvalue weighted by Gasteiger charge is 2.33. The number of allylic oxidation sites excluding steroid dienone is 1. The summed E-state index contributed by atoms with van der Waals surface area (Å²) in [6.07, 6.45) is 5.00. The standard InChI is InChI=1S/C19H23N3O2S/c1-19(2,3)11-10-16(23)22-12-6-8-14(22)17(24)21-18-20-13-7-4-5-9-15(13)25-18/h4-5,7,9-11,14H,6,8,12H2,1-3H3,(H,20,21,24)/b11-10+. The van der Waals surface area contributed by atoms with Crippen LogP contribution in [0.25, 0.3) is 10.2 Å². The van der Waals surface area contributed by atoms with Crippen molar-refractivity contribution < 1.29 is 9.59 Å². The number of benzene rings is 1. The number of carbonyl (C=O) groups is 2. The molecule has 1 aliphatic rings. The number of rotatable bonds is 3. The highest BCUT2D eigenvalue weighted by Crippen LogP contribution is 2.27. The molecule has 1 saturated heterocycles.